The maximum atomic E-state index is 10.5. The molecule has 0 atom stereocenters. The molecule has 1 fully saturated rings. The van der Waals surface area contributed by atoms with Gasteiger partial charge < -0.3 is 21.5 Å². The molecule has 1 aromatic rings. The van der Waals surface area contributed by atoms with E-state index < -0.39 is 5.97 Å². The second-order valence-corrected chi connectivity index (χ2v) is 4.31. The number of hydrogen-bond donors (Lipinski definition) is 3. The molecule has 2 rings (SSSR count). The lowest BCUT2D eigenvalue weighted by molar-refractivity contribution is 0.0697. The average Bonchev–Trinajstić information content (AvgIpc) is 2.41. The Morgan fingerprint density at radius 2 is 1.58 bits per heavy atom. The minimum absolute atomic E-state index is 0.259. The summed E-state index contributed by atoms with van der Waals surface area (Å²) in [5.41, 5.74) is 11.2. The smallest absolute Gasteiger partial charge is 0.335 e. The van der Waals surface area contributed by atoms with E-state index in [0.717, 1.165) is 25.9 Å². The zero-order valence-corrected chi connectivity index (χ0v) is 10.7. The first-order valence-corrected chi connectivity index (χ1v) is 6.14. The van der Waals surface area contributed by atoms with Gasteiger partial charge in [-0.3, -0.25) is 0 Å². The summed E-state index contributed by atoms with van der Waals surface area (Å²) in [4.78, 5) is 22.5. The number of likely N-dealkylation sites (tertiary alicyclic amines) is 1. The SMILES string of the molecule is NC(=O)N1CCCCC1.Nc1ccc(C(=O)O)cc1. The fraction of sp³-hybridized carbons (Fsp3) is 0.385. The number of amides is 2. The summed E-state index contributed by atoms with van der Waals surface area (Å²) in [6, 6.07) is 5.79. The summed E-state index contributed by atoms with van der Waals surface area (Å²) in [5, 5.41) is 8.43. The number of nitrogens with two attached hydrogens (primary N) is 2. The van der Waals surface area contributed by atoms with Crippen LogP contribution in [0, 0.1) is 0 Å². The van der Waals surface area contributed by atoms with E-state index in [0.29, 0.717) is 5.69 Å². The van der Waals surface area contributed by atoms with Gasteiger partial charge in [0.15, 0.2) is 0 Å². The van der Waals surface area contributed by atoms with E-state index in [2.05, 4.69) is 0 Å². The van der Waals surface area contributed by atoms with Gasteiger partial charge in [0, 0.05) is 18.8 Å². The van der Waals surface area contributed by atoms with Crippen LogP contribution in [0.1, 0.15) is 29.6 Å². The molecule has 0 spiro atoms. The Morgan fingerprint density at radius 3 is 1.95 bits per heavy atom. The second-order valence-electron chi connectivity index (χ2n) is 4.31. The number of carbonyl (C=O) groups excluding carboxylic acids is 1. The molecule has 1 aliphatic heterocycles. The van der Waals surface area contributed by atoms with Gasteiger partial charge >= 0.3 is 12.0 Å². The molecule has 0 bridgehead atoms. The number of piperidine rings is 1. The van der Waals surface area contributed by atoms with Crippen LogP contribution in [0.5, 0.6) is 0 Å². The van der Waals surface area contributed by atoms with Crippen LogP contribution in [0.15, 0.2) is 24.3 Å². The van der Waals surface area contributed by atoms with E-state index in [9.17, 15) is 9.59 Å². The van der Waals surface area contributed by atoms with Gasteiger partial charge in [0.05, 0.1) is 5.56 Å². The Bertz CT molecular complexity index is 425. The number of benzene rings is 1. The van der Waals surface area contributed by atoms with Crippen LogP contribution in [-0.4, -0.2) is 35.1 Å². The summed E-state index contributed by atoms with van der Waals surface area (Å²) >= 11 is 0. The lowest BCUT2D eigenvalue weighted by atomic mass is 10.1. The second kappa shape index (κ2) is 7.25. The predicted octanol–water partition coefficient (Wildman–Crippen LogP) is 1.52. The number of anilines is 1. The average molecular weight is 265 g/mol. The Hall–Kier alpha value is -2.24. The predicted molar refractivity (Wildman–Crippen MR) is 72.8 cm³/mol. The number of rotatable bonds is 1. The number of urea groups is 1. The number of primary amides is 1. The molecular formula is C13H19N3O3. The van der Waals surface area contributed by atoms with E-state index in [4.69, 9.17) is 16.6 Å². The molecule has 6 heteroatoms. The minimum atomic E-state index is -0.931. The molecule has 1 aromatic carbocycles. The number of hydrogen-bond acceptors (Lipinski definition) is 3. The summed E-state index contributed by atoms with van der Waals surface area (Å²) in [6.45, 7) is 1.71. The van der Waals surface area contributed by atoms with E-state index in [1.807, 2.05) is 0 Å². The highest BCUT2D eigenvalue weighted by Gasteiger charge is 2.11. The molecule has 0 aromatic heterocycles. The summed E-state index contributed by atoms with van der Waals surface area (Å²) in [5.74, 6) is -0.931. The highest BCUT2D eigenvalue weighted by Crippen LogP contribution is 2.07. The first-order chi connectivity index (χ1) is 9.00. The van der Waals surface area contributed by atoms with E-state index >= 15 is 0 Å². The standard InChI is InChI=1S/C7H7NO2.C6H12N2O/c8-6-3-1-5(2-4-6)7(9)10;7-6(9)8-4-2-1-3-5-8/h1-4H,8H2,(H,9,10);1-5H2,(H2,7,9). The number of nitrogens with zero attached hydrogens (tertiary/aromatic N) is 1. The van der Waals surface area contributed by atoms with Crippen molar-refractivity contribution in [3.8, 4) is 0 Å². The zero-order valence-electron chi connectivity index (χ0n) is 10.7. The number of nitrogen functional groups attached to an aromatic ring is 1. The fourth-order valence-corrected chi connectivity index (χ4v) is 1.74. The first-order valence-electron chi connectivity index (χ1n) is 6.14. The van der Waals surface area contributed by atoms with Crippen LogP contribution in [-0.2, 0) is 0 Å². The third-order valence-electron chi connectivity index (χ3n) is 2.83. The molecule has 0 radical (unpaired) electrons. The molecule has 1 saturated heterocycles. The minimum Gasteiger partial charge on any atom is -0.478 e. The van der Waals surface area contributed by atoms with Crippen molar-refractivity contribution in [3.63, 3.8) is 0 Å². The van der Waals surface area contributed by atoms with Crippen LogP contribution in [0.2, 0.25) is 0 Å². The van der Waals surface area contributed by atoms with Gasteiger partial charge in [-0.2, -0.15) is 0 Å². The van der Waals surface area contributed by atoms with Crippen molar-refractivity contribution in [2.45, 2.75) is 19.3 Å². The van der Waals surface area contributed by atoms with Gasteiger partial charge in [-0.1, -0.05) is 0 Å². The van der Waals surface area contributed by atoms with Gasteiger partial charge in [0.25, 0.3) is 0 Å². The molecule has 2 amide bonds. The number of carboxylic acid groups (broad SMARTS) is 1. The van der Waals surface area contributed by atoms with Crippen molar-refractivity contribution in [3.05, 3.63) is 29.8 Å². The lowest BCUT2D eigenvalue weighted by Gasteiger charge is -2.24. The van der Waals surface area contributed by atoms with Crippen LogP contribution < -0.4 is 11.5 Å². The molecule has 0 aliphatic carbocycles. The fourth-order valence-electron chi connectivity index (χ4n) is 1.74. The summed E-state index contributed by atoms with van der Waals surface area (Å²) in [7, 11) is 0. The van der Waals surface area contributed by atoms with E-state index in [-0.39, 0.29) is 11.6 Å². The van der Waals surface area contributed by atoms with Crippen molar-refractivity contribution in [2.24, 2.45) is 5.73 Å². The normalized spacial score (nSPS) is 14.2. The molecule has 0 unspecified atom stereocenters. The Balaban J connectivity index is 0.000000191. The summed E-state index contributed by atoms with van der Waals surface area (Å²) in [6.07, 6.45) is 3.47. The van der Waals surface area contributed by atoms with Gasteiger partial charge in [0.1, 0.15) is 0 Å². The molecule has 1 heterocycles. The van der Waals surface area contributed by atoms with Crippen molar-refractivity contribution < 1.29 is 14.7 Å². The van der Waals surface area contributed by atoms with Crippen molar-refractivity contribution in [1.29, 1.82) is 0 Å². The highest BCUT2D eigenvalue weighted by molar-refractivity contribution is 5.87. The van der Waals surface area contributed by atoms with Gasteiger partial charge in [-0.25, -0.2) is 9.59 Å². The van der Waals surface area contributed by atoms with Crippen LogP contribution in [0.3, 0.4) is 0 Å². The molecule has 5 N–H and O–H groups in total. The van der Waals surface area contributed by atoms with E-state index in [1.165, 1.54) is 18.6 Å². The van der Waals surface area contributed by atoms with E-state index in [1.54, 1.807) is 17.0 Å². The molecule has 104 valence electrons. The highest BCUT2D eigenvalue weighted by atomic mass is 16.4. The Kier molecular flexibility index (Phi) is 5.66. The molecule has 1 aliphatic rings. The van der Waals surface area contributed by atoms with Crippen molar-refractivity contribution >= 4 is 17.7 Å². The van der Waals surface area contributed by atoms with Gasteiger partial charge in [-0.05, 0) is 43.5 Å². The summed E-state index contributed by atoms with van der Waals surface area (Å²) < 4.78 is 0. The number of carbonyl (C=O) groups is 2. The Morgan fingerprint density at radius 1 is 1.05 bits per heavy atom. The lowest BCUT2D eigenvalue weighted by Crippen LogP contribution is -2.39. The zero-order chi connectivity index (χ0) is 14.3. The Labute approximate surface area is 112 Å². The largest absolute Gasteiger partial charge is 0.478 e. The van der Waals surface area contributed by atoms with Crippen LogP contribution in [0.4, 0.5) is 10.5 Å². The van der Waals surface area contributed by atoms with Crippen LogP contribution >= 0.6 is 0 Å². The topological polar surface area (TPSA) is 110 Å². The molecule has 0 saturated carbocycles. The van der Waals surface area contributed by atoms with Crippen molar-refractivity contribution in [2.75, 3.05) is 18.8 Å². The van der Waals surface area contributed by atoms with Crippen LogP contribution in [0.25, 0.3) is 0 Å². The van der Waals surface area contributed by atoms with Crippen molar-refractivity contribution in [1.82, 2.24) is 4.90 Å². The van der Waals surface area contributed by atoms with Gasteiger partial charge in [-0.15, -0.1) is 0 Å². The quantitative estimate of drug-likeness (QED) is 0.668. The van der Waals surface area contributed by atoms with Gasteiger partial charge in [0.2, 0.25) is 0 Å². The molecule has 19 heavy (non-hydrogen) atoms. The third-order valence-corrected chi connectivity index (χ3v) is 2.83. The molecule has 6 nitrogen and oxygen atoms in total. The number of aromatic carboxylic acids is 1. The monoisotopic (exact) mass is 265 g/mol. The number of carboxylic acids is 1. The third kappa shape index (κ3) is 5.29. The molecular weight excluding hydrogens is 246 g/mol. The maximum absolute atomic E-state index is 10.5. The maximum Gasteiger partial charge on any atom is 0.335 e. The first kappa shape index (κ1) is 14.8.